The molecule has 0 saturated carbocycles. The van der Waals surface area contributed by atoms with E-state index in [-0.39, 0.29) is 18.1 Å². The molecule has 2 aromatic rings. The molecule has 0 spiro atoms. The van der Waals surface area contributed by atoms with Crippen LogP contribution in [0.25, 0.3) is 10.9 Å². The minimum absolute atomic E-state index is 0.0677. The number of hydrogen-bond acceptors (Lipinski definition) is 5. The minimum Gasteiger partial charge on any atom is -0.452 e. The molecule has 0 aliphatic carbocycles. The van der Waals surface area contributed by atoms with Crippen LogP contribution in [0.5, 0.6) is 0 Å². The van der Waals surface area contributed by atoms with Crippen LogP contribution in [0.3, 0.4) is 0 Å². The molecule has 2 aliphatic rings. The molecule has 2 aliphatic heterocycles. The molecule has 0 atom stereocenters. The van der Waals surface area contributed by atoms with Crippen molar-refractivity contribution in [3.8, 4) is 0 Å². The number of nitrogens with zero attached hydrogens (tertiary/aromatic N) is 3. The summed E-state index contributed by atoms with van der Waals surface area (Å²) in [4.78, 5) is 43.3. The van der Waals surface area contributed by atoms with Gasteiger partial charge in [-0.3, -0.25) is 14.2 Å². The molecule has 0 bridgehead atoms. The van der Waals surface area contributed by atoms with Crippen LogP contribution in [0, 0.1) is 5.92 Å². The van der Waals surface area contributed by atoms with Gasteiger partial charge in [-0.15, -0.1) is 0 Å². The Morgan fingerprint density at radius 1 is 1.22 bits per heavy atom. The number of carbonyl (C=O) groups excluding carboxylic acids is 2. The fraction of sp³-hybridized carbons (Fsp3) is 0.500. The van der Waals surface area contributed by atoms with E-state index in [2.05, 4.69) is 11.9 Å². The van der Waals surface area contributed by atoms with Crippen LogP contribution in [0.15, 0.2) is 23.0 Å². The Kier molecular flexibility index (Phi) is 4.68. The number of rotatable bonds is 3. The summed E-state index contributed by atoms with van der Waals surface area (Å²) in [5.41, 5.74) is 0.735. The first-order chi connectivity index (χ1) is 13.0. The molecule has 1 fully saturated rings. The highest BCUT2D eigenvalue weighted by Crippen LogP contribution is 2.18. The van der Waals surface area contributed by atoms with E-state index in [1.54, 1.807) is 27.7 Å². The summed E-state index contributed by atoms with van der Waals surface area (Å²) in [6.45, 7) is 4.04. The van der Waals surface area contributed by atoms with Gasteiger partial charge in [-0.05, 0) is 43.4 Å². The van der Waals surface area contributed by atoms with Crippen LogP contribution < -0.4 is 5.56 Å². The molecule has 7 nitrogen and oxygen atoms in total. The van der Waals surface area contributed by atoms with E-state index in [1.165, 1.54) is 0 Å². The summed E-state index contributed by atoms with van der Waals surface area (Å²) < 4.78 is 6.89. The summed E-state index contributed by atoms with van der Waals surface area (Å²) >= 11 is 0. The maximum Gasteiger partial charge on any atom is 0.338 e. The van der Waals surface area contributed by atoms with Crippen molar-refractivity contribution >= 4 is 22.8 Å². The lowest BCUT2D eigenvalue weighted by Gasteiger charge is -2.30. The number of aryl methyl sites for hydroxylation is 1. The predicted octanol–water partition coefficient (Wildman–Crippen LogP) is 1.76. The Labute approximate surface area is 156 Å². The van der Waals surface area contributed by atoms with Gasteiger partial charge < -0.3 is 9.64 Å². The van der Waals surface area contributed by atoms with Gasteiger partial charge in [-0.25, -0.2) is 9.78 Å². The minimum atomic E-state index is -0.571. The van der Waals surface area contributed by atoms with Gasteiger partial charge in [0.15, 0.2) is 6.61 Å². The summed E-state index contributed by atoms with van der Waals surface area (Å²) in [7, 11) is 0. The number of hydrogen-bond donors (Lipinski definition) is 0. The lowest BCUT2D eigenvalue weighted by atomic mass is 9.99. The molecular weight excluding hydrogens is 346 g/mol. The Morgan fingerprint density at radius 2 is 2.00 bits per heavy atom. The topological polar surface area (TPSA) is 81.5 Å². The van der Waals surface area contributed by atoms with Gasteiger partial charge in [0.1, 0.15) is 5.82 Å². The third kappa shape index (κ3) is 3.46. The monoisotopic (exact) mass is 369 g/mol. The average molecular weight is 369 g/mol. The van der Waals surface area contributed by atoms with Gasteiger partial charge in [0.05, 0.1) is 16.5 Å². The molecule has 3 heterocycles. The van der Waals surface area contributed by atoms with Gasteiger partial charge in [-0.1, -0.05) is 6.92 Å². The van der Waals surface area contributed by atoms with Gasteiger partial charge in [-0.2, -0.15) is 0 Å². The van der Waals surface area contributed by atoms with Crippen LogP contribution in [0.2, 0.25) is 0 Å². The third-order valence-corrected chi connectivity index (χ3v) is 5.52. The van der Waals surface area contributed by atoms with E-state index in [0.717, 1.165) is 31.5 Å². The second kappa shape index (κ2) is 7.13. The number of fused-ring (bicyclic) bond motifs is 2. The number of ether oxygens (including phenoxy) is 1. The van der Waals surface area contributed by atoms with Gasteiger partial charge >= 0.3 is 5.97 Å². The first-order valence-electron chi connectivity index (χ1n) is 9.51. The highest BCUT2D eigenvalue weighted by molar-refractivity contribution is 5.95. The van der Waals surface area contributed by atoms with Crippen molar-refractivity contribution in [2.45, 2.75) is 39.2 Å². The SMILES string of the molecule is CC1CCN(C(=O)COC(=O)c2ccc3c(=O)n4c(nc3c2)CCC4)CC1. The van der Waals surface area contributed by atoms with Crippen molar-refractivity contribution in [2.75, 3.05) is 19.7 Å². The Balaban J connectivity index is 1.46. The van der Waals surface area contributed by atoms with Crippen molar-refractivity contribution in [3.63, 3.8) is 0 Å². The van der Waals surface area contributed by atoms with Crippen molar-refractivity contribution < 1.29 is 14.3 Å². The molecular formula is C20H23N3O4. The lowest BCUT2D eigenvalue weighted by Crippen LogP contribution is -2.40. The highest BCUT2D eigenvalue weighted by atomic mass is 16.5. The number of esters is 1. The zero-order chi connectivity index (χ0) is 19.0. The predicted molar refractivity (Wildman–Crippen MR) is 99.6 cm³/mol. The second-order valence-electron chi connectivity index (χ2n) is 7.46. The van der Waals surface area contributed by atoms with E-state index < -0.39 is 5.97 Å². The molecule has 1 saturated heterocycles. The number of carbonyl (C=O) groups is 2. The second-order valence-corrected chi connectivity index (χ2v) is 7.46. The van der Waals surface area contributed by atoms with Crippen molar-refractivity contribution in [1.82, 2.24) is 14.5 Å². The molecule has 27 heavy (non-hydrogen) atoms. The van der Waals surface area contributed by atoms with Crippen LogP contribution >= 0.6 is 0 Å². The highest BCUT2D eigenvalue weighted by Gasteiger charge is 2.22. The maximum absolute atomic E-state index is 12.5. The van der Waals surface area contributed by atoms with Crippen molar-refractivity contribution in [1.29, 1.82) is 0 Å². The zero-order valence-corrected chi connectivity index (χ0v) is 15.4. The summed E-state index contributed by atoms with van der Waals surface area (Å²) in [5, 5.41) is 0.496. The molecule has 0 radical (unpaired) electrons. The van der Waals surface area contributed by atoms with Gasteiger partial charge in [0, 0.05) is 26.1 Å². The molecule has 142 valence electrons. The summed E-state index contributed by atoms with van der Waals surface area (Å²) in [5.74, 6) is 0.656. The van der Waals surface area contributed by atoms with Gasteiger partial charge in [0.2, 0.25) is 0 Å². The Morgan fingerprint density at radius 3 is 2.78 bits per heavy atom. The van der Waals surface area contributed by atoms with Crippen LogP contribution in [0.1, 0.15) is 42.4 Å². The van der Waals surface area contributed by atoms with Crippen molar-refractivity contribution in [2.24, 2.45) is 5.92 Å². The Hall–Kier alpha value is -2.70. The standard InChI is InChI=1S/C20H23N3O4/c1-13-6-9-22(10-7-13)18(24)12-27-20(26)14-4-5-15-16(11-14)21-17-3-2-8-23(17)19(15)25/h4-5,11,13H,2-3,6-10,12H2,1H3. The molecule has 1 aromatic carbocycles. The summed E-state index contributed by atoms with van der Waals surface area (Å²) in [6.07, 6.45) is 3.64. The number of benzene rings is 1. The molecule has 1 amide bonds. The lowest BCUT2D eigenvalue weighted by molar-refractivity contribution is -0.135. The van der Waals surface area contributed by atoms with Crippen molar-refractivity contribution in [3.05, 3.63) is 39.9 Å². The first-order valence-corrected chi connectivity index (χ1v) is 9.51. The fourth-order valence-electron chi connectivity index (χ4n) is 3.77. The van der Waals surface area contributed by atoms with E-state index in [9.17, 15) is 14.4 Å². The smallest absolute Gasteiger partial charge is 0.338 e. The normalized spacial score (nSPS) is 17.1. The van der Waals surface area contributed by atoms with Gasteiger partial charge in [0.25, 0.3) is 11.5 Å². The molecule has 0 unspecified atom stereocenters. The number of aromatic nitrogens is 2. The average Bonchev–Trinajstić information content (AvgIpc) is 3.15. The maximum atomic E-state index is 12.5. The molecule has 4 rings (SSSR count). The van der Waals surface area contributed by atoms with E-state index in [0.29, 0.717) is 42.0 Å². The summed E-state index contributed by atoms with van der Waals surface area (Å²) in [6, 6.07) is 4.74. The quantitative estimate of drug-likeness (QED) is 0.770. The van der Waals surface area contributed by atoms with Crippen LogP contribution in [0.4, 0.5) is 0 Å². The van der Waals surface area contributed by atoms with Crippen LogP contribution in [-0.2, 0) is 22.5 Å². The number of likely N-dealkylation sites (tertiary alicyclic amines) is 1. The third-order valence-electron chi connectivity index (χ3n) is 5.52. The fourth-order valence-corrected chi connectivity index (χ4v) is 3.77. The molecule has 0 N–H and O–H groups in total. The number of piperidine rings is 1. The largest absolute Gasteiger partial charge is 0.452 e. The molecule has 1 aromatic heterocycles. The van der Waals surface area contributed by atoms with E-state index in [4.69, 9.17) is 4.74 Å². The van der Waals surface area contributed by atoms with E-state index in [1.807, 2.05) is 0 Å². The van der Waals surface area contributed by atoms with E-state index >= 15 is 0 Å². The molecule has 7 heteroatoms. The zero-order valence-electron chi connectivity index (χ0n) is 15.4. The van der Waals surface area contributed by atoms with Crippen LogP contribution in [-0.4, -0.2) is 46.0 Å². The number of amides is 1. The first kappa shape index (κ1) is 17.7. The Bertz CT molecular complexity index is 958.